The van der Waals surface area contributed by atoms with Crippen LogP contribution in [0, 0.1) is 12.8 Å². The fourth-order valence-electron chi connectivity index (χ4n) is 5.38. The molecule has 0 unspecified atom stereocenters. The van der Waals surface area contributed by atoms with E-state index in [2.05, 4.69) is 29.1 Å². The van der Waals surface area contributed by atoms with Crippen molar-refractivity contribution in [2.75, 3.05) is 38.9 Å². The first-order valence-corrected chi connectivity index (χ1v) is 13.5. The molecule has 3 aromatic heterocycles. The van der Waals surface area contributed by atoms with Crippen LogP contribution < -0.4 is 9.64 Å². The van der Waals surface area contributed by atoms with Crippen LogP contribution in [-0.4, -0.2) is 76.4 Å². The standard InChI is InChI=1S/C30H38N6O4/c1-18-14-36(16-25(18)35(7)29(37)40-30(3,4)5)22-11-20-9-10-24(32-28(20)31-13-22)23-12-21-15-34(6)33-26(21)19(2)27(23)39-17-38-8/h9-13,15,18,25H,14,16-17H2,1-8H3/t18-,25+/m0/s1. The Balaban J connectivity index is 1.42. The number of benzene rings is 1. The number of rotatable bonds is 6. The van der Waals surface area contributed by atoms with Crippen molar-refractivity contribution in [3.8, 4) is 17.0 Å². The lowest BCUT2D eigenvalue weighted by atomic mass is 10.0. The third-order valence-corrected chi connectivity index (χ3v) is 7.34. The first-order valence-electron chi connectivity index (χ1n) is 13.5. The van der Waals surface area contributed by atoms with Crippen molar-refractivity contribution in [1.29, 1.82) is 0 Å². The van der Waals surface area contributed by atoms with Gasteiger partial charge in [-0.05, 0) is 57.9 Å². The molecule has 0 saturated carbocycles. The van der Waals surface area contributed by atoms with Gasteiger partial charge in [-0.3, -0.25) is 4.68 Å². The van der Waals surface area contributed by atoms with Crippen LogP contribution in [0.5, 0.6) is 5.75 Å². The number of aromatic nitrogens is 4. The molecule has 5 rings (SSSR count). The third kappa shape index (κ3) is 5.40. The Morgan fingerprint density at radius 2 is 1.95 bits per heavy atom. The molecule has 40 heavy (non-hydrogen) atoms. The highest BCUT2D eigenvalue weighted by Crippen LogP contribution is 2.38. The van der Waals surface area contributed by atoms with Crippen LogP contribution in [0.15, 0.2) is 36.7 Å². The van der Waals surface area contributed by atoms with Crippen molar-refractivity contribution in [3.63, 3.8) is 0 Å². The molecule has 1 saturated heterocycles. The number of ether oxygens (including phenoxy) is 3. The molecule has 1 aliphatic rings. The second kappa shape index (κ2) is 10.6. The molecule has 0 N–H and O–H groups in total. The largest absolute Gasteiger partial charge is 0.466 e. The molecule has 1 aromatic carbocycles. The smallest absolute Gasteiger partial charge is 0.410 e. The van der Waals surface area contributed by atoms with E-state index in [1.807, 2.05) is 66.3 Å². The zero-order chi connectivity index (χ0) is 28.8. The molecule has 1 amide bonds. The van der Waals surface area contributed by atoms with Crippen LogP contribution in [-0.2, 0) is 16.5 Å². The molecular weight excluding hydrogens is 508 g/mol. The number of methoxy groups -OCH3 is 1. The molecule has 4 heterocycles. The van der Waals surface area contributed by atoms with Gasteiger partial charge in [0.2, 0.25) is 0 Å². The molecule has 10 nitrogen and oxygen atoms in total. The second-order valence-corrected chi connectivity index (χ2v) is 11.6. The number of amides is 1. The summed E-state index contributed by atoms with van der Waals surface area (Å²) in [6.07, 6.45) is 3.55. The minimum atomic E-state index is -0.528. The van der Waals surface area contributed by atoms with Gasteiger partial charge in [0.25, 0.3) is 0 Å². The minimum Gasteiger partial charge on any atom is -0.466 e. The lowest BCUT2D eigenvalue weighted by Crippen LogP contribution is -2.44. The lowest BCUT2D eigenvalue weighted by Gasteiger charge is -2.30. The van der Waals surface area contributed by atoms with Crippen LogP contribution >= 0.6 is 0 Å². The summed E-state index contributed by atoms with van der Waals surface area (Å²) in [5.74, 6) is 0.979. The molecule has 4 aromatic rings. The Bertz CT molecular complexity index is 1560. The fourth-order valence-corrected chi connectivity index (χ4v) is 5.38. The van der Waals surface area contributed by atoms with Crippen molar-refractivity contribution in [3.05, 3.63) is 42.2 Å². The number of hydrogen-bond donors (Lipinski definition) is 0. The predicted octanol–water partition coefficient (Wildman–Crippen LogP) is 5.17. The highest BCUT2D eigenvalue weighted by molar-refractivity contribution is 5.92. The predicted molar refractivity (Wildman–Crippen MR) is 156 cm³/mol. The Morgan fingerprint density at radius 1 is 1.18 bits per heavy atom. The number of likely N-dealkylation sites (N-methyl/N-ethyl adjacent to an activating group) is 1. The molecule has 1 aliphatic heterocycles. The van der Waals surface area contributed by atoms with Crippen molar-refractivity contribution in [1.82, 2.24) is 24.6 Å². The number of hydrogen-bond acceptors (Lipinski definition) is 8. The van der Waals surface area contributed by atoms with Gasteiger partial charge in [-0.2, -0.15) is 5.10 Å². The maximum atomic E-state index is 12.7. The summed E-state index contributed by atoms with van der Waals surface area (Å²) in [7, 11) is 5.32. The quantitative estimate of drug-likeness (QED) is 0.306. The van der Waals surface area contributed by atoms with Crippen molar-refractivity contribution >= 4 is 33.7 Å². The van der Waals surface area contributed by atoms with E-state index in [0.29, 0.717) is 17.9 Å². The third-order valence-electron chi connectivity index (χ3n) is 7.34. The maximum Gasteiger partial charge on any atom is 0.410 e. The fraction of sp³-hybridized carbons (Fsp3) is 0.467. The summed E-state index contributed by atoms with van der Waals surface area (Å²) in [6.45, 7) is 11.5. The number of nitrogens with zero attached hydrogens (tertiary/aromatic N) is 6. The zero-order valence-corrected chi connectivity index (χ0v) is 24.6. The molecular formula is C30H38N6O4. The number of anilines is 1. The highest BCUT2D eigenvalue weighted by Gasteiger charge is 2.36. The van der Waals surface area contributed by atoms with Gasteiger partial charge in [0.1, 0.15) is 11.4 Å². The number of carbonyl (C=O) groups excluding carboxylic acids is 1. The molecule has 10 heteroatoms. The minimum absolute atomic E-state index is 0.0437. The number of aryl methyl sites for hydroxylation is 2. The van der Waals surface area contributed by atoms with E-state index in [1.165, 1.54) is 0 Å². The molecule has 0 radical (unpaired) electrons. The van der Waals surface area contributed by atoms with Gasteiger partial charge >= 0.3 is 6.09 Å². The van der Waals surface area contributed by atoms with Crippen LogP contribution in [0.25, 0.3) is 33.2 Å². The Kier molecular flexibility index (Phi) is 7.31. The van der Waals surface area contributed by atoms with Gasteiger partial charge in [0.05, 0.1) is 29.1 Å². The Hall–Kier alpha value is -3.92. The maximum absolute atomic E-state index is 12.7. The van der Waals surface area contributed by atoms with E-state index in [-0.39, 0.29) is 24.8 Å². The van der Waals surface area contributed by atoms with Gasteiger partial charge in [-0.25, -0.2) is 14.8 Å². The molecule has 0 aliphatic carbocycles. The van der Waals surface area contributed by atoms with Crippen LogP contribution in [0.4, 0.5) is 10.5 Å². The normalized spacial score (nSPS) is 17.6. The van der Waals surface area contributed by atoms with E-state index >= 15 is 0 Å². The summed E-state index contributed by atoms with van der Waals surface area (Å²) >= 11 is 0. The molecule has 0 spiro atoms. The van der Waals surface area contributed by atoms with E-state index in [1.54, 1.807) is 16.7 Å². The van der Waals surface area contributed by atoms with Crippen molar-refractivity contribution < 1.29 is 19.0 Å². The van der Waals surface area contributed by atoms with Crippen molar-refractivity contribution in [2.45, 2.75) is 46.3 Å². The Labute approximate surface area is 234 Å². The molecule has 0 bridgehead atoms. The summed E-state index contributed by atoms with van der Waals surface area (Å²) in [5.41, 5.74) is 4.58. The molecule has 2 atom stereocenters. The Morgan fingerprint density at radius 3 is 2.67 bits per heavy atom. The average molecular weight is 547 g/mol. The highest BCUT2D eigenvalue weighted by atomic mass is 16.7. The average Bonchev–Trinajstić information content (AvgIpc) is 3.48. The monoisotopic (exact) mass is 546 g/mol. The number of carbonyl (C=O) groups is 1. The first kappa shape index (κ1) is 27.6. The topological polar surface area (TPSA) is 94.8 Å². The number of fused-ring (bicyclic) bond motifs is 2. The van der Waals surface area contributed by atoms with Gasteiger partial charge < -0.3 is 24.0 Å². The van der Waals surface area contributed by atoms with Crippen LogP contribution in [0.2, 0.25) is 0 Å². The van der Waals surface area contributed by atoms with E-state index in [4.69, 9.17) is 24.2 Å². The number of pyridine rings is 2. The first-order chi connectivity index (χ1) is 18.9. The van der Waals surface area contributed by atoms with E-state index in [0.717, 1.165) is 45.3 Å². The molecule has 1 fully saturated rings. The van der Waals surface area contributed by atoms with Gasteiger partial charge in [0.15, 0.2) is 12.4 Å². The van der Waals surface area contributed by atoms with Gasteiger partial charge in [-0.15, -0.1) is 0 Å². The van der Waals surface area contributed by atoms with Gasteiger partial charge in [-0.1, -0.05) is 6.92 Å². The second-order valence-electron chi connectivity index (χ2n) is 11.6. The lowest BCUT2D eigenvalue weighted by molar-refractivity contribution is 0.0208. The molecule has 212 valence electrons. The summed E-state index contributed by atoms with van der Waals surface area (Å²) in [6, 6.07) is 8.24. The van der Waals surface area contributed by atoms with Gasteiger partial charge in [0, 0.05) is 62.4 Å². The zero-order valence-electron chi connectivity index (χ0n) is 24.6. The van der Waals surface area contributed by atoms with E-state index in [9.17, 15) is 4.79 Å². The summed E-state index contributed by atoms with van der Waals surface area (Å²) < 4.78 is 18.6. The van der Waals surface area contributed by atoms with E-state index < -0.39 is 5.60 Å². The summed E-state index contributed by atoms with van der Waals surface area (Å²) in [5, 5.41) is 6.54. The van der Waals surface area contributed by atoms with Crippen molar-refractivity contribution in [2.24, 2.45) is 13.0 Å². The van der Waals surface area contributed by atoms with Crippen LogP contribution in [0.1, 0.15) is 33.3 Å². The van der Waals surface area contributed by atoms with Crippen LogP contribution in [0.3, 0.4) is 0 Å². The SMILES string of the molecule is COCOc1c(-c2ccc3cc(N4C[C@@H](N(C)C(=O)OC(C)(C)C)[C@@H](C)C4)cnc3n2)cc2cn(C)nc2c1C. The summed E-state index contributed by atoms with van der Waals surface area (Å²) in [4.78, 5) is 26.3.